The van der Waals surface area contributed by atoms with Gasteiger partial charge in [-0.15, -0.1) is 11.3 Å². The van der Waals surface area contributed by atoms with Gasteiger partial charge in [0.25, 0.3) is 0 Å². The zero-order valence-corrected chi connectivity index (χ0v) is 13.2. The van der Waals surface area contributed by atoms with Gasteiger partial charge in [0.1, 0.15) is 0 Å². The van der Waals surface area contributed by atoms with Gasteiger partial charge in [0.2, 0.25) is 0 Å². The molecule has 0 atom stereocenters. The van der Waals surface area contributed by atoms with E-state index in [9.17, 15) is 0 Å². The lowest BCUT2D eigenvalue weighted by atomic mass is 10.2. The molecule has 0 bridgehead atoms. The maximum Gasteiger partial charge on any atom is 0.194 e. The molecule has 3 rings (SSSR count). The van der Waals surface area contributed by atoms with Gasteiger partial charge in [0.05, 0.1) is 40.3 Å². The van der Waals surface area contributed by atoms with Gasteiger partial charge in [-0.3, -0.25) is 4.40 Å². The molecule has 6 heteroatoms. The smallest absolute Gasteiger partial charge is 0.194 e. The van der Waals surface area contributed by atoms with E-state index in [0.717, 1.165) is 22.0 Å². The Morgan fingerprint density at radius 2 is 2.24 bits per heavy atom. The summed E-state index contributed by atoms with van der Waals surface area (Å²) < 4.78 is 2.15. The molecule has 4 nitrogen and oxygen atoms in total. The van der Waals surface area contributed by atoms with Crippen molar-refractivity contribution in [3.05, 3.63) is 51.2 Å². The summed E-state index contributed by atoms with van der Waals surface area (Å²) in [6.45, 7) is 4.68. The molecule has 0 aliphatic carbocycles. The van der Waals surface area contributed by atoms with E-state index < -0.39 is 0 Å². The fourth-order valence-electron chi connectivity index (χ4n) is 2.28. The van der Waals surface area contributed by atoms with Crippen LogP contribution in [0.25, 0.3) is 4.96 Å². The van der Waals surface area contributed by atoms with Crippen molar-refractivity contribution in [2.45, 2.75) is 20.4 Å². The summed E-state index contributed by atoms with van der Waals surface area (Å²) in [6, 6.07) is 7.32. The van der Waals surface area contributed by atoms with Crippen molar-refractivity contribution in [1.29, 1.82) is 5.26 Å². The van der Waals surface area contributed by atoms with E-state index in [0.29, 0.717) is 17.1 Å². The van der Waals surface area contributed by atoms with Crippen LogP contribution in [0.2, 0.25) is 5.02 Å². The van der Waals surface area contributed by atoms with Crippen molar-refractivity contribution >= 4 is 33.6 Å². The van der Waals surface area contributed by atoms with Gasteiger partial charge in [0.15, 0.2) is 4.96 Å². The third kappa shape index (κ3) is 2.48. The summed E-state index contributed by atoms with van der Waals surface area (Å²) in [4.78, 5) is 5.56. The number of nitrogens with one attached hydrogen (secondary N) is 1. The first kappa shape index (κ1) is 13.9. The van der Waals surface area contributed by atoms with Crippen molar-refractivity contribution in [2.24, 2.45) is 0 Å². The number of anilines is 1. The fraction of sp³-hybridized carbons (Fsp3) is 0.200. The summed E-state index contributed by atoms with van der Waals surface area (Å²) in [6.07, 6.45) is 0. The van der Waals surface area contributed by atoms with Gasteiger partial charge >= 0.3 is 0 Å². The molecule has 0 aliphatic heterocycles. The topological polar surface area (TPSA) is 53.1 Å². The summed E-state index contributed by atoms with van der Waals surface area (Å²) in [5, 5.41) is 15.0. The third-order valence-electron chi connectivity index (χ3n) is 3.37. The average Bonchev–Trinajstić information content (AvgIpc) is 2.98. The SMILES string of the molecule is Cc1nc2scc(C)n2c1CNc1cc(C#N)ccc1Cl. The van der Waals surface area contributed by atoms with Crippen molar-refractivity contribution < 1.29 is 0 Å². The van der Waals surface area contributed by atoms with Crippen LogP contribution in [-0.2, 0) is 6.54 Å². The number of nitrogens with zero attached hydrogens (tertiary/aromatic N) is 3. The van der Waals surface area contributed by atoms with Crippen LogP contribution in [0.15, 0.2) is 23.6 Å². The molecule has 21 heavy (non-hydrogen) atoms. The van der Waals surface area contributed by atoms with Gasteiger partial charge < -0.3 is 5.32 Å². The van der Waals surface area contributed by atoms with Crippen LogP contribution in [-0.4, -0.2) is 9.38 Å². The average molecular weight is 317 g/mol. The normalized spacial score (nSPS) is 10.8. The summed E-state index contributed by atoms with van der Waals surface area (Å²) in [7, 11) is 0. The largest absolute Gasteiger partial charge is 0.378 e. The van der Waals surface area contributed by atoms with E-state index in [1.165, 1.54) is 5.69 Å². The van der Waals surface area contributed by atoms with Gasteiger partial charge in [-0.2, -0.15) is 5.26 Å². The van der Waals surface area contributed by atoms with Crippen LogP contribution >= 0.6 is 22.9 Å². The standard InChI is InChI=1S/C15H13ClN4S/c1-9-8-21-15-19-10(2)14(20(9)15)7-18-13-5-11(6-17)3-4-12(13)16/h3-5,8,18H,7H2,1-2H3. The second-order valence-electron chi connectivity index (χ2n) is 4.80. The fourth-order valence-corrected chi connectivity index (χ4v) is 3.40. The molecule has 0 radical (unpaired) electrons. The number of fused-ring (bicyclic) bond motifs is 1. The Balaban J connectivity index is 1.92. The van der Waals surface area contributed by atoms with Crippen LogP contribution in [0, 0.1) is 25.2 Å². The van der Waals surface area contributed by atoms with E-state index in [4.69, 9.17) is 16.9 Å². The Kier molecular flexibility index (Phi) is 3.58. The van der Waals surface area contributed by atoms with Crippen molar-refractivity contribution in [1.82, 2.24) is 9.38 Å². The summed E-state index contributed by atoms with van der Waals surface area (Å²) in [5.74, 6) is 0. The number of rotatable bonds is 3. The molecule has 2 aromatic heterocycles. The lowest BCUT2D eigenvalue weighted by Gasteiger charge is -2.09. The molecule has 0 spiro atoms. The van der Waals surface area contributed by atoms with Gasteiger partial charge in [-0.1, -0.05) is 11.6 Å². The molecule has 106 valence electrons. The number of thiazole rings is 1. The van der Waals surface area contributed by atoms with Crippen molar-refractivity contribution in [3.63, 3.8) is 0 Å². The number of nitriles is 1. The molecule has 0 unspecified atom stereocenters. The second-order valence-corrected chi connectivity index (χ2v) is 6.04. The highest BCUT2D eigenvalue weighted by Gasteiger charge is 2.12. The predicted molar refractivity (Wildman–Crippen MR) is 86.0 cm³/mol. The number of halogens is 1. The van der Waals surface area contributed by atoms with E-state index >= 15 is 0 Å². The minimum Gasteiger partial charge on any atom is -0.378 e. The minimum atomic E-state index is 0.587. The Bertz CT molecular complexity index is 857. The third-order valence-corrected chi connectivity index (χ3v) is 4.64. The highest BCUT2D eigenvalue weighted by molar-refractivity contribution is 7.15. The molecular formula is C15H13ClN4S. The Labute approximate surface area is 131 Å². The van der Waals surface area contributed by atoms with E-state index in [1.807, 2.05) is 6.92 Å². The van der Waals surface area contributed by atoms with Crippen LogP contribution in [0.1, 0.15) is 22.6 Å². The predicted octanol–water partition coefficient (Wildman–Crippen LogP) is 4.15. The number of benzene rings is 1. The zero-order chi connectivity index (χ0) is 15.0. The van der Waals surface area contributed by atoms with Crippen LogP contribution < -0.4 is 5.32 Å². The number of aromatic nitrogens is 2. The molecular weight excluding hydrogens is 304 g/mol. The number of hydrogen-bond donors (Lipinski definition) is 1. The Hall–Kier alpha value is -2.03. The Morgan fingerprint density at radius 1 is 1.43 bits per heavy atom. The van der Waals surface area contributed by atoms with Crippen LogP contribution in [0.3, 0.4) is 0 Å². The maximum absolute atomic E-state index is 8.97. The highest BCUT2D eigenvalue weighted by atomic mass is 35.5. The minimum absolute atomic E-state index is 0.587. The molecule has 0 saturated carbocycles. The maximum atomic E-state index is 8.97. The molecule has 0 fully saturated rings. The van der Waals surface area contributed by atoms with Crippen LogP contribution in [0.5, 0.6) is 0 Å². The number of aryl methyl sites for hydroxylation is 2. The molecule has 0 saturated heterocycles. The summed E-state index contributed by atoms with van der Waals surface area (Å²) in [5.41, 5.74) is 4.64. The molecule has 0 amide bonds. The lowest BCUT2D eigenvalue weighted by Crippen LogP contribution is -2.05. The number of imidazole rings is 1. The molecule has 3 aromatic rings. The Morgan fingerprint density at radius 3 is 3.00 bits per heavy atom. The zero-order valence-electron chi connectivity index (χ0n) is 11.6. The lowest BCUT2D eigenvalue weighted by molar-refractivity contribution is 0.966. The van der Waals surface area contributed by atoms with Gasteiger partial charge in [-0.05, 0) is 32.0 Å². The molecule has 1 aromatic carbocycles. The highest BCUT2D eigenvalue weighted by Crippen LogP contribution is 2.25. The van der Waals surface area contributed by atoms with Crippen molar-refractivity contribution in [2.75, 3.05) is 5.32 Å². The first-order chi connectivity index (χ1) is 10.1. The van der Waals surface area contributed by atoms with E-state index in [-0.39, 0.29) is 0 Å². The first-order valence-electron chi connectivity index (χ1n) is 6.45. The van der Waals surface area contributed by atoms with Gasteiger partial charge in [-0.25, -0.2) is 4.98 Å². The van der Waals surface area contributed by atoms with E-state index in [2.05, 4.69) is 33.1 Å². The second kappa shape index (κ2) is 5.40. The molecule has 0 aliphatic rings. The monoisotopic (exact) mass is 316 g/mol. The molecule has 1 N–H and O–H groups in total. The van der Waals surface area contributed by atoms with Gasteiger partial charge in [0, 0.05) is 11.1 Å². The number of hydrogen-bond acceptors (Lipinski definition) is 4. The summed E-state index contributed by atoms with van der Waals surface area (Å²) >= 11 is 7.80. The van der Waals surface area contributed by atoms with Crippen molar-refractivity contribution in [3.8, 4) is 6.07 Å². The molecule has 2 heterocycles. The van der Waals surface area contributed by atoms with Crippen LogP contribution in [0.4, 0.5) is 5.69 Å². The van der Waals surface area contributed by atoms with E-state index in [1.54, 1.807) is 29.5 Å². The quantitative estimate of drug-likeness (QED) is 0.789. The first-order valence-corrected chi connectivity index (χ1v) is 7.71.